The summed E-state index contributed by atoms with van der Waals surface area (Å²) in [6, 6.07) is 62.3. The number of para-hydroxylation sites is 7. The minimum atomic E-state index is 0.847. The van der Waals surface area contributed by atoms with Gasteiger partial charge in [0.25, 0.3) is 0 Å². The number of hydrogen-bond donors (Lipinski definition) is 0. The summed E-state index contributed by atoms with van der Waals surface area (Å²) in [7, 11) is 0. The van der Waals surface area contributed by atoms with E-state index in [0.29, 0.717) is 0 Å². The molecule has 248 valence electrons. The third kappa shape index (κ3) is 4.02. The Morgan fingerprint density at radius 2 is 0.868 bits per heavy atom. The first kappa shape index (κ1) is 28.5. The summed E-state index contributed by atoms with van der Waals surface area (Å²) in [4.78, 5) is 2.30. The lowest BCUT2D eigenvalue weighted by atomic mass is 10.0. The van der Waals surface area contributed by atoms with Crippen LogP contribution in [0.25, 0.3) is 66.1 Å². The highest BCUT2D eigenvalue weighted by atomic mass is 16.5. The van der Waals surface area contributed by atoms with Crippen LogP contribution in [0, 0.1) is 0 Å². The van der Waals surface area contributed by atoms with Crippen molar-refractivity contribution in [2.75, 3.05) is 4.90 Å². The van der Waals surface area contributed by atoms with E-state index in [1.807, 2.05) is 24.3 Å². The van der Waals surface area contributed by atoms with Crippen LogP contribution in [0.1, 0.15) is 0 Å². The lowest BCUT2D eigenvalue weighted by Gasteiger charge is -2.32. The van der Waals surface area contributed by atoms with E-state index in [1.54, 1.807) is 0 Å². The number of anilines is 3. The van der Waals surface area contributed by atoms with Gasteiger partial charge < -0.3 is 23.5 Å². The van der Waals surface area contributed by atoms with Gasteiger partial charge in [-0.1, -0.05) is 91.0 Å². The van der Waals surface area contributed by atoms with Crippen molar-refractivity contribution in [2.45, 2.75) is 0 Å². The maximum atomic E-state index is 6.47. The maximum absolute atomic E-state index is 6.47. The summed E-state index contributed by atoms with van der Waals surface area (Å²) in [6.45, 7) is 0. The van der Waals surface area contributed by atoms with Crippen molar-refractivity contribution in [2.24, 2.45) is 0 Å². The second-order valence-corrected chi connectivity index (χ2v) is 13.8. The van der Waals surface area contributed by atoms with Gasteiger partial charge >= 0.3 is 0 Å². The lowest BCUT2D eigenvalue weighted by molar-refractivity contribution is 0.476. The largest absolute Gasteiger partial charge is 0.453 e. The molecule has 2 aliphatic heterocycles. The van der Waals surface area contributed by atoms with Crippen LogP contribution < -0.4 is 14.4 Å². The molecular formula is C48H29N3O2. The Morgan fingerprint density at radius 3 is 1.64 bits per heavy atom. The van der Waals surface area contributed by atoms with Crippen molar-refractivity contribution in [3.63, 3.8) is 0 Å². The summed E-state index contributed by atoms with van der Waals surface area (Å²) in [5, 5.41) is 4.84. The number of ether oxygens (including phenoxy) is 2. The number of fused-ring (bicyclic) bond motifs is 10. The van der Waals surface area contributed by atoms with Crippen LogP contribution >= 0.6 is 0 Å². The minimum Gasteiger partial charge on any atom is -0.453 e. The fourth-order valence-corrected chi connectivity index (χ4v) is 8.56. The van der Waals surface area contributed by atoms with Crippen molar-refractivity contribution >= 4 is 60.7 Å². The fraction of sp³-hybridized carbons (Fsp3) is 0. The summed E-state index contributed by atoms with van der Waals surface area (Å²) in [6.07, 6.45) is 0. The van der Waals surface area contributed by atoms with Gasteiger partial charge in [0.1, 0.15) is 0 Å². The number of rotatable bonds is 3. The molecule has 53 heavy (non-hydrogen) atoms. The summed E-state index contributed by atoms with van der Waals surface area (Å²) < 4.78 is 17.5. The molecule has 0 amide bonds. The topological polar surface area (TPSA) is 31.6 Å². The SMILES string of the molecule is c1ccc2c(c1)Oc1ccccc1N2c1ccc2c(c1)c1ccccc1n2-c1ccc(-c2ccc3c(c2)-n2c4ccccc4c4cccc(c42)O3)cc1. The molecule has 10 aromatic rings. The van der Waals surface area contributed by atoms with Crippen molar-refractivity contribution in [3.05, 3.63) is 176 Å². The first-order valence-corrected chi connectivity index (χ1v) is 17.9. The van der Waals surface area contributed by atoms with Gasteiger partial charge in [-0.3, -0.25) is 0 Å². The molecule has 0 aliphatic carbocycles. The summed E-state index contributed by atoms with van der Waals surface area (Å²) in [5.41, 5.74) is 12.2. The number of benzene rings is 8. The molecule has 2 aromatic heterocycles. The van der Waals surface area contributed by atoms with Gasteiger partial charge in [0.15, 0.2) is 23.0 Å². The fourth-order valence-electron chi connectivity index (χ4n) is 8.56. The van der Waals surface area contributed by atoms with Crippen molar-refractivity contribution in [3.8, 4) is 45.5 Å². The predicted molar refractivity (Wildman–Crippen MR) is 215 cm³/mol. The second-order valence-electron chi connectivity index (χ2n) is 13.8. The Kier molecular flexibility index (Phi) is 5.71. The van der Waals surface area contributed by atoms with Gasteiger partial charge in [-0.25, -0.2) is 0 Å². The Morgan fingerprint density at radius 1 is 0.321 bits per heavy atom. The molecule has 0 bridgehead atoms. The molecule has 5 nitrogen and oxygen atoms in total. The molecule has 12 rings (SSSR count). The molecule has 0 N–H and O–H groups in total. The van der Waals surface area contributed by atoms with Gasteiger partial charge in [-0.2, -0.15) is 0 Å². The van der Waals surface area contributed by atoms with Crippen molar-refractivity contribution in [1.82, 2.24) is 9.13 Å². The monoisotopic (exact) mass is 679 g/mol. The van der Waals surface area contributed by atoms with Crippen LogP contribution in [-0.2, 0) is 0 Å². The predicted octanol–water partition coefficient (Wildman–Crippen LogP) is 13.2. The molecule has 0 unspecified atom stereocenters. The highest BCUT2D eigenvalue weighted by Gasteiger charge is 2.27. The Hall–Kier alpha value is -7.24. The third-order valence-corrected chi connectivity index (χ3v) is 10.9. The lowest BCUT2D eigenvalue weighted by Crippen LogP contribution is -2.15. The molecule has 0 radical (unpaired) electrons. The maximum Gasteiger partial charge on any atom is 0.152 e. The molecule has 0 saturated carbocycles. The molecule has 0 atom stereocenters. The average molecular weight is 680 g/mol. The van der Waals surface area contributed by atoms with Crippen LogP contribution in [0.3, 0.4) is 0 Å². The number of aromatic nitrogens is 2. The zero-order valence-corrected chi connectivity index (χ0v) is 28.4. The first-order valence-electron chi connectivity index (χ1n) is 17.9. The van der Waals surface area contributed by atoms with E-state index in [-0.39, 0.29) is 0 Å². The smallest absolute Gasteiger partial charge is 0.152 e. The first-order chi connectivity index (χ1) is 26.3. The number of nitrogens with zero attached hydrogens (tertiary/aromatic N) is 3. The van der Waals surface area contributed by atoms with Crippen LogP contribution in [0.5, 0.6) is 23.0 Å². The standard InChI is InChI=1S/C48H29N3O2/c1-4-14-39-34(10-1)36-12-9-19-47-48(36)51(39)43-28-31(22-27-46(43)53-47)30-20-23-32(24-21-30)49-38-13-3-2-11-35(38)37-29-33(25-26-40(37)49)50-41-15-5-7-17-44(41)52-45-18-8-6-16-42(45)50/h1-29H. The van der Waals surface area contributed by atoms with Crippen LogP contribution in [0.4, 0.5) is 17.1 Å². The van der Waals surface area contributed by atoms with Gasteiger partial charge in [-0.05, 0) is 96.1 Å². The molecule has 4 heterocycles. The van der Waals surface area contributed by atoms with E-state index in [9.17, 15) is 0 Å². The molecule has 0 fully saturated rings. The Balaban J connectivity index is 0.970. The molecular weight excluding hydrogens is 651 g/mol. The third-order valence-electron chi connectivity index (χ3n) is 10.9. The molecule has 0 spiro atoms. The average Bonchev–Trinajstić information content (AvgIpc) is 3.74. The van der Waals surface area contributed by atoms with Gasteiger partial charge in [-0.15, -0.1) is 0 Å². The van der Waals surface area contributed by atoms with Crippen LogP contribution in [0.2, 0.25) is 0 Å². The summed E-state index contributed by atoms with van der Waals surface area (Å²) >= 11 is 0. The van der Waals surface area contributed by atoms with E-state index in [0.717, 1.165) is 73.6 Å². The normalized spacial score (nSPS) is 12.8. The number of hydrogen-bond acceptors (Lipinski definition) is 3. The summed E-state index contributed by atoms with van der Waals surface area (Å²) in [5.74, 6) is 3.45. The zero-order valence-electron chi connectivity index (χ0n) is 28.4. The van der Waals surface area contributed by atoms with Crippen molar-refractivity contribution in [1.29, 1.82) is 0 Å². The minimum absolute atomic E-state index is 0.847. The highest BCUT2D eigenvalue weighted by Crippen LogP contribution is 2.51. The quantitative estimate of drug-likeness (QED) is 0.186. The second kappa shape index (κ2) is 10.6. The van der Waals surface area contributed by atoms with E-state index >= 15 is 0 Å². The van der Waals surface area contributed by atoms with Gasteiger partial charge in [0, 0.05) is 32.9 Å². The Bertz CT molecular complexity index is 3090. The van der Waals surface area contributed by atoms with E-state index < -0.39 is 0 Å². The molecule has 2 aliphatic rings. The van der Waals surface area contributed by atoms with Crippen molar-refractivity contribution < 1.29 is 9.47 Å². The van der Waals surface area contributed by atoms with Gasteiger partial charge in [0.05, 0.1) is 39.1 Å². The Labute approximate surface area is 304 Å². The van der Waals surface area contributed by atoms with Gasteiger partial charge in [0.2, 0.25) is 0 Å². The van der Waals surface area contributed by atoms with E-state index in [1.165, 1.54) is 32.6 Å². The molecule has 0 saturated heterocycles. The molecule has 8 aromatic carbocycles. The zero-order chi connectivity index (χ0) is 34.6. The highest BCUT2D eigenvalue weighted by molar-refractivity contribution is 6.13. The van der Waals surface area contributed by atoms with E-state index in [2.05, 4.69) is 166 Å². The van der Waals surface area contributed by atoms with E-state index in [4.69, 9.17) is 9.47 Å². The molecule has 5 heteroatoms. The van der Waals surface area contributed by atoms with Crippen LogP contribution in [-0.4, -0.2) is 9.13 Å². The van der Waals surface area contributed by atoms with Crippen LogP contribution in [0.15, 0.2) is 176 Å².